The molecule has 4 aromatic rings. The molecule has 0 atom stereocenters. The number of aromatic nitrogens is 3. The van der Waals surface area contributed by atoms with Crippen LogP contribution in [-0.2, 0) is 6.54 Å². The summed E-state index contributed by atoms with van der Waals surface area (Å²) in [4.78, 5) is 23.3. The van der Waals surface area contributed by atoms with Gasteiger partial charge in [-0.25, -0.2) is 9.18 Å². The summed E-state index contributed by atoms with van der Waals surface area (Å²) in [6, 6.07) is 15.1. The standard InChI is InChI=1S/C27H25F3N6O2/c1-34-10-12-35(13-11-34)27(37)36(22-6-2-4-18(14-22)20-5-3-9-31-16-20)17-21-8-7-19(15-23(21)28)25-32-33-26(38-25)24(29)30/h2-9,14-16,24H,10-13,17H2,1H3. The van der Waals surface area contributed by atoms with E-state index in [1.165, 1.54) is 12.1 Å². The van der Waals surface area contributed by atoms with Crippen LogP contribution in [0.5, 0.6) is 0 Å². The number of likely N-dealkylation sites (N-methyl/N-ethyl adjacent to an activating group) is 1. The molecule has 2 amide bonds. The molecule has 8 nitrogen and oxygen atoms in total. The Bertz CT molecular complexity index is 1410. The van der Waals surface area contributed by atoms with Crippen LogP contribution in [0.25, 0.3) is 22.6 Å². The third kappa shape index (κ3) is 5.52. The average Bonchev–Trinajstić information content (AvgIpc) is 3.44. The molecule has 0 N–H and O–H groups in total. The van der Waals surface area contributed by atoms with Crippen LogP contribution in [0.4, 0.5) is 23.7 Å². The van der Waals surface area contributed by atoms with Gasteiger partial charge in [0, 0.05) is 61.0 Å². The third-order valence-corrected chi connectivity index (χ3v) is 6.41. The minimum atomic E-state index is -2.92. The third-order valence-electron chi connectivity index (χ3n) is 6.41. The molecule has 2 aromatic heterocycles. The fraction of sp³-hybridized carbons (Fsp3) is 0.259. The number of amides is 2. The van der Waals surface area contributed by atoms with Gasteiger partial charge in [-0.15, -0.1) is 10.2 Å². The number of urea groups is 1. The number of hydrogen-bond donors (Lipinski definition) is 0. The molecule has 0 saturated carbocycles. The van der Waals surface area contributed by atoms with Crippen LogP contribution >= 0.6 is 0 Å². The van der Waals surface area contributed by atoms with Crippen molar-refractivity contribution in [3.8, 4) is 22.6 Å². The molecule has 0 spiro atoms. The number of benzene rings is 2. The van der Waals surface area contributed by atoms with Gasteiger partial charge in [0.15, 0.2) is 0 Å². The molecule has 1 saturated heterocycles. The Morgan fingerprint density at radius 1 is 1.00 bits per heavy atom. The van der Waals surface area contributed by atoms with Gasteiger partial charge in [-0.1, -0.05) is 24.3 Å². The maximum Gasteiger partial charge on any atom is 0.324 e. The summed E-state index contributed by atoms with van der Waals surface area (Å²) in [5.41, 5.74) is 2.78. The highest BCUT2D eigenvalue weighted by Crippen LogP contribution is 2.29. The number of hydrogen-bond acceptors (Lipinski definition) is 6. The van der Waals surface area contributed by atoms with Gasteiger partial charge in [-0.3, -0.25) is 9.88 Å². The molecule has 0 aliphatic carbocycles. The van der Waals surface area contributed by atoms with E-state index in [2.05, 4.69) is 20.1 Å². The van der Waals surface area contributed by atoms with E-state index >= 15 is 4.39 Å². The molecule has 0 bridgehead atoms. The van der Waals surface area contributed by atoms with E-state index in [9.17, 15) is 13.6 Å². The topological polar surface area (TPSA) is 78.6 Å². The Kier molecular flexibility index (Phi) is 7.36. The Labute approximate surface area is 217 Å². The smallest absolute Gasteiger partial charge is 0.324 e. The summed E-state index contributed by atoms with van der Waals surface area (Å²) in [7, 11) is 2.00. The van der Waals surface area contributed by atoms with Crippen molar-refractivity contribution in [2.24, 2.45) is 0 Å². The maximum absolute atomic E-state index is 15.3. The molecule has 1 aliphatic heterocycles. The minimum absolute atomic E-state index is 0.0418. The molecular weight excluding hydrogens is 497 g/mol. The van der Waals surface area contributed by atoms with Gasteiger partial charge in [0.1, 0.15) is 5.82 Å². The van der Waals surface area contributed by atoms with Crippen LogP contribution in [0.15, 0.2) is 71.4 Å². The van der Waals surface area contributed by atoms with Gasteiger partial charge in [-0.05, 0) is 42.9 Å². The number of carbonyl (C=O) groups excluding carboxylic acids is 1. The van der Waals surface area contributed by atoms with Crippen molar-refractivity contribution in [3.05, 3.63) is 84.3 Å². The average molecular weight is 523 g/mol. The molecule has 5 rings (SSSR count). The minimum Gasteiger partial charge on any atom is -0.415 e. The van der Waals surface area contributed by atoms with Gasteiger partial charge in [0.25, 0.3) is 5.89 Å². The van der Waals surface area contributed by atoms with Crippen molar-refractivity contribution in [3.63, 3.8) is 0 Å². The Balaban J connectivity index is 1.46. The number of carbonyl (C=O) groups is 1. The molecule has 3 heterocycles. The number of alkyl halides is 2. The van der Waals surface area contributed by atoms with E-state index in [4.69, 9.17) is 4.42 Å². The first-order chi connectivity index (χ1) is 18.4. The lowest BCUT2D eigenvalue weighted by molar-refractivity contribution is 0.116. The van der Waals surface area contributed by atoms with E-state index < -0.39 is 18.1 Å². The second-order valence-corrected chi connectivity index (χ2v) is 9.00. The summed E-state index contributed by atoms with van der Waals surface area (Å²) in [6.07, 6.45) is 0.504. The monoisotopic (exact) mass is 522 g/mol. The first-order valence-corrected chi connectivity index (χ1v) is 12.0. The highest BCUT2D eigenvalue weighted by molar-refractivity contribution is 5.93. The van der Waals surface area contributed by atoms with Crippen LogP contribution in [0.1, 0.15) is 17.9 Å². The second-order valence-electron chi connectivity index (χ2n) is 9.00. The number of rotatable bonds is 6. The molecular formula is C27H25F3N6O2. The Morgan fingerprint density at radius 2 is 1.79 bits per heavy atom. The first-order valence-electron chi connectivity index (χ1n) is 12.0. The zero-order valence-corrected chi connectivity index (χ0v) is 20.6. The fourth-order valence-electron chi connectivity index (χ4n) is 4.24. The lowest BCUT2D eigenvalue weighted by Gasteiger charge is -2.36. The van der Waals surface area contributed by atoms with Crippen molar-refractivity contribution in [2.75, 3.05) is 38.1 Å². The highest BCUT2D eigenvalue weighted by Gasteiger charge is 2.27. The maximum atomic E-state index is 15.3. The summed E-state index contributed by atoms with van der Waals surface area (Å²) in [5.74, 6) is -1.67. The lowest BCUT2D eigenvalue weighted by Crippen LogP contribution is -2.52. The van der Waals surface area contributed by atoms with Gasteiger partial charge in [-0.2, -0.15) is 8.78 Å². The zero-order chi connectivity index (χ0) is 26.6. The molecule has 1 fully saturated rings. The van der Waals surface area contributed by atoms with Crippen LogP contribution in [0.2, 0.25) is 0 Å². The lowest BCUT2D eigenvalue weighted by atomic mass is 10.1. The van der Waals surface area contributed by atoms with Gasteiger partial charge in [0.05, 0.1) is 6.54 Å². The number of anilines is 1. The number of pyridine rings is 1. The van der Waals surface area contributed by atoms with E-state index in [0.29, 0.717) is 18.8 Å². The summed E-state index contributed by atoms with van der Waals surface area (Å²) in [6.45, 7) is 2.55. The molecule has 11 heteroatoms. The Hall–Kier alpha value is -4.25. The molecule has 0 unspecified atom stereocenters. The normalized spacial score (nSPS) is 14.2. The SMILES string of the molecule is CN1CCN(C(=O)N(Cc2ccc(-c3nnc(C(F)F)o3)cc2F)c2cccc(-c3cccnc3)c2)CC1. The number of piperazine rings is 1. The Morgan fingerprint density at radius 3 is 2.47 bits per heavy atom. The van der Waals surface area contributed by atoms with Crippen LogP contribution in [0, 0.1) is 5.82 Å². The van der Waals surface area contributed by atoms with Crippen molar-refractivity contribution < 1.29 is 22.4 Å². The van der Waals surface area contributed by atoms with Crippen LogP contribution in [-0.4, -0.2) is 64.2 Å². The largest absolute Gasteiger partial charge is 0.415 e. The summed E-state index contributed by atoms with van der Waals surface area (Å²) < 4.78 is 45.8. The van der Waals surface area contributed by atoms with Crippen molar-refractivity contribution in [1.82, 2.24) is 25.0 Å². The summed E-state index contributed by atoms with van der Waals surface area (Å²) in [5, 5.41) is 6.87. The highest BCUT2D eigenvalue weighted by atomic mass is 19.3. The zero-order valence-electron chi connectivity index (χ0n) is 20.6. The predicted molar refractivity (Wildman–Crippen MR) is 135 cm³/mol. The first kappa shape index (κ1) is 25.4. The van der Waals surface area contributed by atoms with Gasteiger partial charge in [0.2, 0.25) is 5.89 Å². The van der Waals surface area contributed by atoms with Gasteiger partial charge < -0.3 is 14.2 Å². The van der Waals surface area contributed by atoms with E-state index in [0.717, 1.165) is 30.3 Å². The molecule has 2 aromatic carbocycles. The number of halogens is 3. The van der Waals surface area contributed by atoms with E-state index in [1.807, 2.05) is 43.4 Å². The van der Waals surface area contributed by atoms with E-state index in [-0.39, 0.29) is 29.6 Å². The number of nitrogens with zero attached hydrogens (tertiary/aromatic N) is 6. The van der Waals surface area contributed by atoms with Gasteiger partial charge >= 0.3 is 12.5 Å². The van der Waals surface area contributed by atoms with Crippen molar-refractivity contribution in [2.45, 2.75) is 13.0 Å². The van der Waals surface area contributed by atoms with Crippen molar-refractivity contribution in [1.29, 1.82) is 0 Å². The second kappa shape index (κ2) is 11.0. The fourth-order valence-corrected chi connectivity index (χ4v) is 4.24. The molecule has 1 aliphatic rings. The molecule has 0 radical (unpaired) electrons. The van der Waals surface area contributed by atoms with Crippen LogP contribution in [0.3, 0.4) is 0 Å². The predicted octanol–water partition coefficient (Wildman–Crippen LogP) is 5.25. The quantitative estimate of drug-likeness (QED) is 0.344. The van der Waals surface area contributed by atoms with Crippen molar-refractivity contribution >= 4 is 11.7 Å². The molecule has 196 valence electrons. The van der Waals surface area contributed by atoms with E-state index in [1.54, 1.807) is 22.2 Å². The van der Waals surface area contributed by atoms with Crippen LogP contribution < -0.4 is 4.90 Å². The molecule has 38 heavy (non-hydrogen) atoms. The summed E-state index contributed by atoms with van der Waals surface area (Å²) >= 11 is 0.